The summed E-state index contributed by atoms with van der Waals surface area (Å²) in [5.74, 6) is 0.927. The average Bonchev–Trinajstić information content (AvgIpc) is 3.68. The van der Waals surface area contributed by atoms with Crippen LogP contribution in [0.1, 0.15) is 5.56 Å². The minimum Gasteiger partial charge on any atom is -0.456 e. The highest BCUT2D eigenvalue weighted by molar-refractivity contribution is 5.97. The van der Waals surface area contributed by atoms with Crippen molar-refractivity contribution in [3.05, 3.63) is 236 Å². The number of nitrogens with zero attached hydrogens (tertiary/aromatic N) is 1. The fraction of sp³-hybridized carbons (Fsp3) is 0.0169. The van der Waals surface area contributed by atoms with Crippen LogP contribution in [0.25, 0.3) is 88.3 Å². The van der Waals surface area contributed by atoms with Crippen LogP contribution < -0.4 is 4.90 Å². The van der Waals surface area contributed by atoms with Crippen molar-refractivity contribution in [2.24, 2.45) is 0 Å². The fourth-order valence-electron chi connectivity index (χ4n) is 8.83. The quantitative estimate of drug-likeness (QED) is 0.153. The van der Waals surface area contributed by atoms with Gasteiger partial charge in [-0.2, -0.15) is 0 Å². The maximum absolute atomic E-state index is 6.30. The summed E-state index contributed by atoms with van der Waals surface area (Å²) >= 11 is 0. The van der Waals surface area contributed by atoms with Gasteiger partial charge in [-0.05, 0) is 122 Å². The zero-order valence-electron chi connectivity index (χ0n) is 33.8. The van der Waals surface area contributed by atoms with Gasteiger partial charge < -0.3 is 9.32 Å². The summed E-state index contributed by atoms with van der Waals surface area (Å²) in [6, 6.07) is 83.0. The van der Waals surface area contributed by atoms with Gasteiger partial charge in [0.25, 0.3) is 0 Å². The van der Waals surface area contributed by atoms with Crippen LogP contribution >= 0.6 is 0 Å². The Morgan fingerprint density at radius 2 is 0.787 bits per heavy atom. The van der Waals surface area contributed by atoms with Crippen LogP contribution in [0.5, 0.6) is 0 Å². The van der Waals surface area contributed by atoms with E-state index in [1.807, 2.05) is 12.1 Å². The van der Waals surface area contributed by atoms with Gasteiger partial charge in [0.05, 0.1) is 0 Å². The molecule has 61 heavy (non-hydrogen) atoms. The van der Waals surface area contributed by atoms with E-state index in [9.17, 15) is 0 Å². The Balaban J connectivity index is 0.877. The van der Waals surface area contributed by atoms with Gasteiger partial charge in [-0.3, -0.25) is 0 Å². The van der Waals surface area contributed by atoms with E-state index in [0.29, 0.717) is 0 Å². The fourth-order valence-corrected chi connectivity index (χ4v) is 8.83. The van der Waals surface area contributed by atoms with Crippen molar-refractivity contribution in [1.29, 1.82) is 0 Å². The van der Waals surface area contributed by atoms with Gasteiger partial charge >= 0.3 is 0 Å². The molecular weight excluding hydrogens is 739 g/mol. The first kappa shape index (κ1) is 36.2. The van der Waals surface area contributed by atoms with E-state index in [1.54, 1.807) is 0 Å². The minimum atomic E-state index is 0.921. The van der Waals surface area contributed by atoms with E-state index >= 15 is 0 Å². The molecule has 11 aromatic rings. The van der Waals surface area contributed by atoms with Crippen molar-refractivity contribution < 1.29 is 4.42 Å². The van der Waals surface area contributed by atoms with Crippen LogP contribution in [-0.2, 0) is 0 Å². The molecule has 0 fully saturated rings. The highest BCUT2D eigenvalue weighted by Crippen LogP contribution is 2.40. The number of anilines is 3. The average molecular weight is 780 g/mol. The molecule has 2 nitrogen and oxygen atoms in total. The molecule has 0 unspecified atom stereocenters. The molecule has 0 radical (unpaired) electrons. The lowest BCUT2D eigenvalue weighted by atomic mass is 9.96. The molecule has 0 aliphatic heterocycles. The van der Waals surface area contributed by atoms with Crippen molar-refractivity contribution in [1.82, 2.24) is 0 Å². The first-order valence-electron chi connectivity index (χ1n) is 20.9. The highest BCUT2D eigenvalue weighted by Gasteiger charge is 2.16. The second-order valence-electron chi connectivity index (χ2n) is 15.8. The van der Waals surface area contributed by atoms with Crippen LogP contribution in [0.4, 0.5) is 17.1 Å². The Morgan fingerprint density at radius 1 is 0.311 bits per heavy atom. The van der Waals surface area contributed by atoms with Gasteiger partial charge in [0.1, 0.15) is 11.3 Å². The third-order valence-corrected chi connectivity index (χ3v) is 12.1. The smallest absolute Gasteiger partial charge is 0.138 e. The van der Waals surface area contributed by atoms with E-state index in [0.717, 1.165) is 44.9 Å². The number of benzene rings is 10. The molecule has 0 N–H and O–H groups in total. The zero-order chi connectivity index (χ0) is 40.7. The van der Waals surface area contributed by atoms with Crippen molar-refractivity contribution in [3.63, 3.8) is 0 Å². The lowest BCUT2D eigenvalue weighted by Crippen LogP contribution is -2.09. The molecule has 1 heterocycles. The van der Waals surface area contributed by atoms with E-state index in [-0.39, 0.29) is 0 Å². The molecule has 0 bridgehead atoms. The van der Waals surface area contributed by atoms with E-state index < -0.39 is 0 Å². The predicted molar refractivity (Wildman–Crippen MR) is 258 cm³/mol. The molecule has 0 aliphatic rings. The molecule has 11 rings (SSSR count). The van der Waals surface area contributed by atoms with E-state index in [1.165, 1.54) is 66.1 Å². The molecule has 288 valence electrons. The van der Waals surface area contributed by atoms with Crippen molar-refractivity contribution in [2.75, 3.05) is 4.90 Å². The topological polar surface area (TPSA) is 16.4 Å². The van der Waals surface area contributed by atoms with Gasteiger partial charge in [-0.15, -0.1) is 0 Å². The van der Waals surface area contributed by atoms with Crippen LogP contribution in [0.15, 0.2) is 235 Å². The van der Waals surface area contributed by atoms with Gasteiger partial charge in [0.2, 0.25) is 0 Å². The molecule has 0 saturated carbocycles. The normalized spacial score (nSPS) is 11.4. The highest BCUT2D eigenvalue weighted by atomic mass is 16.3. The van der Waals surface area contributed by atoms with Crippen molar-refractivity contribution >= 4 is 49.6 Å². The Labute approximate surface area is 356 Å². The Hall–Kier alpha value is -7.94. The third-order valence-electron chi connectivity index (χ3n) is 12.1. The molecule has 1 aromatic heterocycles. The molecule has 0 amide bonds. The number of hydrogen-bond acceptors (Lipinski definition) is 2. The summed E-state index contributed by atoms with van der Waals surface area (Å²) in [6.45, 7) is 2.14. The molecule has 10 aromatic carbocycles. The second kappa shape index (κ2) is 15.3. The van der Waals surface area contributed by atoms with E-state index in [2.05, 4.69) is 230 Å². The molecule has 0 saturated heterocycles. The molecule has 0 atom stereocenters. The van der Waals surface area contributed by atoms with Gasteiger partial charge in [0, 0.05) is 33.6 Å². The monoisotopic (exact) mass is 779 g/mol. The summed E-state index contributed by atoms with van der Waals surface area (Å²) in [4.78, 5) is 2.35. The minimum absolute atomic E-state index is 0.921. The van der Waals surface area contributed by atoms with Crippen LogP contribution in [-0.4, -0.2) is 0 Å². The molecule has 0 spiro atoms. The summed E-state index contributed by atoms with van der Waals surface area (Å²) < 4.78 is 6.30. The summed E-state index contributed by atoms with van der Waals surface area (Å²) in [6.07, 6.45) is 0. The number of hydrogen-bond donors (Lipinski definition) is 0. The molecule has 2 heteroatoms. The van der Waals surface area contributed by atoms with Gasteiger partial charge in [0.15, 0.2) is 0 Å². The summed E-state index contributed by atoms with van der Waals surface area (Å²) in [5, 5.41) is 6.13. The Bertz CT molecular complexity index is 3330. The van der Waals surface area contributed by atoms with Crippen molar-refractivity contribution in [3.8, 4) is 55.8 Å². The number of fused-ring (bicyclic) bond motifs is 3. The predicted octanol–water partition coefficient (Wildman–Crippen LogP) is 16.9. The maximum atomic E-state index is 6.30. The number of furan rings is 1. The first-order valence-corrected chi connectivity index (χ1v) is 20.9. The van der Waals surface area contributed by atoms with Crippen molar-refractivity contribution in [2.45, 2.75) is 6.92 Å². The van der Waals surface area contributed by atoms with Crippen LogP contribution in [0, 0.1) is 6.92 Å². The molecule has 0 aliphatic carbocycles. The third kappa shape index (κ3) is 6.84. The maximum Gasteiger partial charge on any atom is 0.138 e. The van der Waals surface area contributed by atoms with E-state index in [4.69, 9.17) is 4.42 Å². The Morgan fingerprint density at radius 3 is 1.44 bits per heavy atom. The Kier molecular flexibility index (Phi) is 9.09. The number of rotatable bonds is 8. The second-order valence-corrected chi connectivity index (χ2v) is 15.8. The molecular formula is C59H41NO. The van der Waals surface area contributed by atoms with Crippen LogP contribution in [0.3, 0.4) is 0 Å². The van der Waals surface area contributed by atoms with Gasteiger partial charge in [-0.25, -0.2) is 0 Å². The van der Waals surface area contributed by atoms with Crippen LogP contribution in [0.2, 0.25) is 0 Å². The lowest BCUT2D eigenvalue weighted by molar-refractivity contribution is 0.629. The summed E-state index contributed by atoms with van der Waals surface area (Å²) in [5.41, 5.74) is 16.0. The lowest BCUT2D eigenvalue weighted by Gasteiger charge is -2.26. The summed E-state index contributed by atoms with van der Waals surface area (Å²) in [7, 11) is 0. The zero-order valence-corrected chi connectivity index (χ0v) is 33.8. The first-order chi connectivity index (χ1) is 30.1. The number of aryl methyl sites for hydroxylation is 1. The standard InChI is InChI=1S/C59H41NO/c1-40-55-16-6-7-19-58(55)61-59(40)51-15-8-14-49(38-51)46-22-20-42(21-23-46)44-28-33-52(34-29-44)60(54-37-32-41-10-2-3-12-50(41)39-54)53-35-30-45(31-36-53)43-24-26-48(27-25-43)57-18-9-13-47-11-4-5-17-56(47)57/h2-39H,1H3. The van der Waals surface area contributed by atoms with Gasteiger partial charge in [-0.1, -0.05) is 182 Å². The largest absolute Gasteiger partial charge is 0.456 e. The SMILES string of the molecule is Cc1c(-c2cccc(-c3ccc(-c4ccc(N(c5ccc(-c6ccc(-c7cccc8ccccc78)cc6)cc5)c5ccc6ccccc6c5)cc4)cc3)c2)oc2ccccc12. The number of para-hydroxylation sites is 1.